The van der Waals surface area contributed by atoms with Gasteiger partial charge < -0.3 is 15.7 Å². The van der Waals surface area contributed by atoms with Crippen molar-refractivity contribution < 1.29 is 5.11 Å². The zero-order chi connectivity index (χ0) is 13.3. The van der Waals surface area contributed by atoms with Crippen molar-refractivity contribution in [2.75, 3.05) is 18.0 Å². The van der Waals surface area contributed by atoms with E-state index in [-0.39, 0.29) is 12.1 Å². The fourth-order valence-electron chi connectivity index (χ4n) is 2.37. The molecule has 0 spiro atoms. The van der Waals surface area contributed by atoms with Crippen LogP contribution in [-0.4, -0.2) is 24.3 Å². The average Bonchev–Trinajstić information content (AvgIpc) is 2.32. The maximum atomic E-state index is 9.95. The molecular formula is C14H21BrN2O. The Morgan fingerprint density at radius 2 is 2.22 bits per heavy atom. The molecule has 1 aliphatic rings. The van der Waals surface area contributed by atoms with Gasteiger partial charge in [0.2, 0.25) is 0 Å². The van der Waals surface area contributed by atoms with Gasteiger partial charge in [-0.05, 0) is 37.0 Å². The summed E-state index contributed by atoms with van der Waals surface area (Å²) >= 11 is 3.57. The smallest absolute Gasteiger partial charge is 0.0741 e. The van der Waals surface area contributed by atoms with E-state index in [4.69, 9.17) is 5.73 Å². The molecule has 1 fully saturated rings. The summed E-state index contributed by atoms with van der Waals surface area (Å²) < 4.78 is 1.04. The third kappa shape index (κ3) is 2.87. The molecule has 0 radical (unpaired) electrons. The first-order valence-electron chi connectivity index (χ1n) is 6.47. The minimum Gasteiger partial charge on any atom is -0.391 e. The number of β-amino-alcohol motifs (C(OH)–C–C–N with tert-alkyl or cyclic N) is 1. The highest BCUT2D eigenvalue weighted by molar-refractivity contribution is 9.10. The number of halogens is 1. The van der Waals surface area contributed by atoms with Crippen LogP contribution >= 0.6 is 15.9 Å². The third-order valence-corrected chi connectivity index (χ3v) is 4.45. The molecule has 3 atom stereocenters. The lowest BCUT2D eigenvalue weighted by molar-refractivity contribution is 0.103. The van der Waals surface area contributed by atoms with Crippen LogP contribution in [0.15, 0.2) is 22.7 Å². The molecule has 0 aromatic heterocycles. The second kappa shape index (κ2) is 5.59. The van der Waals surface area contributed by atoms with Gasteiger partial charge in [0.1, 0.15) is 0 Å². The lowest BCUT2D eigenvalue weighted by atomic mass is 9.95. The van der Waals surface area contributed by atoms with Crippen molar-refractivity contribution in [3.63, 3.8) is 0 Å². The Hall–Kier alpha value is -0.580. The SMILES string of the molecule is CC(N)c1ccc(N2CCC(C)C(O)C2)cc1Br. The molecule has 3 unspecified atom stereocenters. The Morgan fingerprint density at radius 1 is 1.50 bits per heavy atom. The molecule has 2 rings (SSSR count). The van der Waals surface area contributed by atoms with Gasteiger partial charge in [0, 0.05) is 29.3 Å². The first kappa shape index (κ1) is 13.8. The molecule has 1 aromatic carbocycles. The minimum absolute atomic E-state index is 0.0281. The second-order valence-corrected chi connectivity index (χ2v) is 6.13. The molecule has 1 saturated heterocycles. The van der Waals surface area contributed by atoms with E-state index in [0.717, 1.165) is 28.7 Å². The van der Waals surface area contributed by atoms with Gasteiger partial charge in [-0.15, -0.1) is 0 Å². The number of nitrogens with zero attached hydrogens (tertiary/aromatic N) is 1. The van der Waals surface area contributed by atoms with Gasteiger partial charge in [0.05, 0.1) is 6.10 Å². The van der Waals surface area contributed by atoms with Crippen LogP contribution in [-0.2, 0) is 0 Å². The maximum absolute atomic E-state index is 9.95. The molecule has 0 aliphatic carbocycles. The predicted octanol–water partition coefficient (Wildman–Crippen LogP) is 2.68. The predicted molar refractivity (Wildman–Crippen MR) is 78.7 cm³/mol. The van der Waals surface area contributed by atoms with Crippen LogP contribution in [0.2, 0.25) is 0 Å². The van der Waals surface area contributed by atoms with Crippen molar-refractivity contribution in [3.05, 3.63) is 28.2 Å². The largest absolute Gasteiger partial charge is 0.391 e. The van der Waals surface area contributed by atoms with Crippen molar-refractivity contribution in [1.29, 1.82) is 0 Å². The summed E-state index contributed by atoms with van der Waals surface area (Å²) in [7, 11) is 0. The molecule has 0 amide bonds. The number of nitrogens with two attached hydrogens (primary N) is 1. The Kier molecular flexibility index (Phi) is 4.30. The lowest BCUT2D eigenvalue weighted by Crippen LogP contribution is -2.42. The zero-order valence-corrected chi connectivity index (χ0v) is 12.5. The number of hydrogen-bond acceptors (Lipinski definition) is 3. The average molecular weight is 313 g/mol. The minimum atomic E-state index is -0.231. The Morgan fingerprint density at radius 3 is 2.78 bits per heavy atom. The van der Waals surface area contributed by atoms with Gasteiger partial charge in [-0.25, -0.2) is 0 Å². The number of benzene rings is 1. The number of aliphatic hydroxyl groups is 1. The van der Waals surface area contributed by atoms with Crippen molar-refractivity contribution in [2.24, 2.45) is 11.7 Å². The second-order valence-electron chi connectivity index (χ2n) is 5.27. The summed E-state index contributed by atoms with van der Waals surface area (Å²) in [5.74, 6) is 0.396. The molecule has 1 aliphatic heterocycles. The zero-order valence-electron chi connectivity index (χ0n) is 10.9. The lowest BCUT2D eigenvalue weighted by Gasteiger charge is -2.36. The fourth-order valence-corrected chi connectivity index (χ4v) is 3.09. The summed E-state index contributed by atoms with van der Waals surface area (Å²) in [5, 5.41) is 9.95. The standard InChI is InChI=1S/C14H21BrN2O/c1-9-5-6-17(8-14(9)18)11-3-4-12(10(2)16)13(15)7-11/h3-4,7,9-10,14,18H,5-6,8,16H2,1-2H3. The van der Waals surface area contributed by atoms with Gasteiger partial charge >= 0.3 is 0 Å². The monoisotopic (exact) mass is 312 g/mol. The van der Waals surface area contributed by atoms with E-state index in [9.17, 15) is 5.11 Å². The molecule has 4 heteroatoms. The summed E-state index contributed by atoms with van der Waals surface area (Å²) in [6.45, 7) is 5.80. The summed E-state index contributed by atoms with van der Waals surface area (Å²) in [6, 6.07) is 6.28. The summed E-state index contributed by atoms with van der Waals surface area (Å²) in [5.41, 5.74) is 8.17. The van der Waals surface area contributed by atoms with Gasteiger partial charge in [-0.3, -0.25) is 0 Å². The van der Waals surface area contributed by atoms with Crippen molar-refractivity contribution in [1.82, 2.24) is 0 Å². The topological polar surface area (TPSA) is 49.5 Å². The van der Waals surface area contributed by atoms with E-state index in [1.807, 2.05) is 6.92 Å². The molecule has 1 heterocycles. The highest BCUT2D eigenvalue weighted by atomic mass is 79.9. The van der Waals surface area contributed by atoms with Crippen LogP contribution in [0.4, 0.5) is 5.69 Å². The van der Waals surface area contributed by atoms with Crippen LogP contribution in [0.5, 0.6) is 0 Å². The highest BCUT2D eigenvalue weighted by Crippen LogP contribution is 2.29. The van der Waals surface area contributed by atoms with Crippen molar-refractivity contribution >= 4 is 21.6 Å². The van der Waals surface area contributed by atoms with E-state index in [2.05, 4.69) is 46.0 Å². The number of piperidine rings is 1. The Balaban J connectivity index is 2.17. The molecule has 18 heavy (non-hydrogen) atoms. The quantitative estimate of drug-likeness (QED) is 0.882. The van der Waals surface area contributed by atoms with Crippen molar-refractivity contribution in [3.8, 4) is 0 Å². The van der Waals surface area contributed by atoms with Gasteiger partial charge in [0.15, 0.2) is 0 Å². The summed E-state index contributed by atoms with van der Waals surface area (Å²) in [6.07, 6.45) is 0.805. The van der Waals surface area contributed by atoms with Crippen LogP contribution in [0, 0.1) is 5.92 Å². The number of anilines is 1. The van der Waals surface area contributed by atoms with Crippen LogP contribution < -0.4 is 10.6 Å². The first-order valence-corrected chi connectivity index (χ1v) is 7.26. The number of rotatable bonds is 2. The Bertz CT molecular complexity index is 422. The third-order valence-electron chi connectivity index (χ3n) is 3.76. The molecule has 1 aromatic rings. The van der Waals surface area contributed by atoms with Gasteiger partial charge in [-0.1, -0.05) is 28.9 Å². The van der Waals surface area contributed by atoms with E-state index < -0.39 is 0 Å². The molecule has 0 bridgehead atoms. The molecule has 100 valence electrons. The van der Waals surface area contributed by atoms with Crippen LogP contribution in [0.25, 0.3) is 0 Å². The van der Waals surface area contributed by atoms with E-state index in [1.54, 1.807) is 0 Å². The molecular weight excluding hydrogens is 292 g/mol. The van der Waals surface area contributed by atoms with E-state index in [0.29, 0.717) is 12.5 Å². The van der Waals surface area contributed by atoms with Crippen LogP contribution in [0.1, 0.15) is 31.9 Å². The van der Waals surface area contributed by atoms with E-state index in [1.165, 1.54) is 0 Å². The van der Waals surface area contributed by atoms with Crippen molar-refractivity contribution in [2.45, 2.75) is 32.4 Å². The summed E-state index contributed by atoms with van der Waals surface area (Å²) in [4.78, 5) is 2.24. The van der Waals surface area contributed by atoms with E-state index >= 15 is 0 Å². The normalized spacial score (nSPS) is 26.2. The Labute approximate surface area is 117 Å². The van der Waals surface area contributed by atoms with Crippen LogP contribution in [0.3, 0.4) is 0 Å². The van der Waals surface area contributed by atoms with Gasteiger partial charge in [0.25, 0.3) is 0 Å². The maximum Gasteiger partial charge on any atom is 0.0741 e. The number of aliphatic hydroxyl groups excluding tert-OH is 1. The number of hydrogen-bond donors (Lipinski definition) is 2. The van der Waals surface area contributed by atoms with Gasteiger partial charge in [-0.2, -0.15) is 0 Å². The first-order chi connectivity index (χ1) is 8.49. The highest BCUT2D eigenvalue weighted by Gasteiger charge is 2.24. The molecule has 3 N–H and O–H groups in total. The molecule has 0 saturated carbocycles. The molecule has 3 nitrogen and oxygen atoms in total. The fraction of sp³-hybridized carbons (Fsp3) is 0.571.